The van der Waals surface area contributed by atoms with E-state index < -0.39 is 18.0 Å². The fourth-order valence-corrected chi connectivity index (χ4v) is 3.42. The van der Waals surface area contributed by atoms with Crippen LogP contribution in [0.3, 0.4) is 0 Å². The normalized spacial score (nSPS) is 15.1. The minimum Gasteiger partial charge on any atom is -1.00 e. The molecule has 34 heavy (non-hydrogen) atoms. The van der Waals surface area contributed by atoms with Crippen molar-refractivity contribution in [1.82, 2.24) is 30.5 Å². The Morgan fingerprint density at radius 3 is 2.79 bits per heavy atom. The van der Waals surface area contributed by atoms with Crippen LogP contribution in [0.4, 0.5) is 14.9 Å². The average Bonchev–Trinajstić information content (AvgIpc) is 3.41. The quantitative estimate of drug-likeness (QED) is 0.356. The monoisotopic (exact) mass is 490 g/mol. The van der Waals surface area contributed by atoms with E-state index in [1.807, 2.05) is 0 Å². The van der Waals surface area contributed by atoms with E-state index in [1.165, 1.54) is 22.0 Å². The van der Waals surface area contributed by atoms with E-state index in [0.717, 1.165) is 0 Å². The van der Waals surface area contributed by atoms with Crippen LogP contribution < -0.4 is 28.4 Å². The molecule has 1 aliphatic rings. The first-order valence-corrected chi connectivity index (χ1v) is 10.5. The lowest BCUT2D eigenvalue weighted by atomic mass is 10.1. The first kappa shape index (κ1) is 25.0. The maximum atomic E-state index is 14.9. The van der Waals surface area contributed by atoms with Gasteiger partial charge in [-0.1, -0.05) is 6.07 Å². The maximum absolute atomic E-state index is 14.9. The minimum atomic E-state index is -0.582. The molecule has 0 radical (unpaired) electrons. The number of nitrogens with zero attached hydrogens (tertiary/aromatic N) is 6. The molecule has 1 aliphatic heterocycles. The molecule has 0 aliphatic carbocycles. The molecule has 3 heterocycles. The van der Waals surface area contributed by atoms with Crippen LogP contribution in [0.2, 0.25) is 0 Å². The van der Waals surface area contributed by atoms with Crippen LogP contribution in [0.15, 0.2) is 36.5 Å². The predicted molar refractivity (Wildman–Crippen MR) is 115 cm³/mol. The highest BCUT2D eigenvalue weighted by Crippen LogP contribution is 2.29. The lowest BCUT2D eigenvalue weighted by molar-refractivity contribution is -0.368. The van der Waals surface area contributed by atoms with Gasteiger partial charge < -0.3 is 28.2 Å². The number of rotatable bonds is 8. The highest BCUT2D eigenvalue weighted by atomic mass is 35.5. The van der Waals surface area contributed by atoms with Gasteiger partial charge in [0.05, 0.1) is 32.4 Å². The number of ether oxygens (including phenoxy) is 1. The second-order valence-corrected chi connectivity index (χ2v) is 7.58. The Bertz CT molecular complexity index is 1160. The Morgan fingerprint density at radius 2 is 2.15 bits per heavy atom. The number of tetrazole rings is 1. The Balaban J connectivity index is 0.00000324. The maximum Gasteiger partial charge on any atom is 0.414 e. The summed E-state index contributed by atoms with van der Waals surface area (Å²) in [6, 6.07) is 7.92. The molecule has 1 atom stereocenters. The zero-order valence-corrected chi connectivity index (χ0v) is 19.2. The van der Waals surface area contributed by atoms with Gasteiger partial charge in [0.15, 0.2) is 0 Å². The molecule has 4 rings (SSSR count). The number of pyridine rings is 1. The number of hydrogen-bond donors (Lipinski definition) is 2. The fraction of sp³-hybridized carbons (Fsp3) is 0.333. The van der Waals surface area contributed by atoms with Crippen LogP contribution in [0.25, 0.3) is 22.6 Å². The second kappa shape index (κ2) is 11.0. The van der Waals surface area contributed by atoms with Crippen LogP contribution in [-0.2, 0) is 16.6 Å². The van der Waals surface area contributed by atoms with Gasteiger partial charge in [-0.05, 0) is 29.5 Å². The summed E-state index contributed by atoms with van der Waals surface area (Å²) in [5, 5.41) is 14.5. The van der Waals surface area contributed by atoms with Crippen LogP contribution in [-0.4, -0.2) is 62.9 Å². The van der Waals surface area contributed by atoms with Crippen molar-refractivity contribution in [2.45, 2.75) is 18.9 Å². The summed E-state index contributed by atoms with van der Waals surface area (Å²) in [4.78, 5) is 31.0. The summed E-state index contributed by atoms with van der Waals surface area (Å²) in [5.74, 6) is -0.240. The summed E-state index contributed by atoms with van der Waals surface area (Å²) in [6.45, 7) is 1.10. The number of aromatic nitrogens is 5. The molecule has 4 N–H and O–H groups in total. The molecule has 2 aromatic heterocycles. The minimum absolute atomic E-state index is 0. The Labute approximate surface area is 200 Å². The van der Waals surface area contributed by atoms with Crippen LogP contribution in [0, 0.1) is 5.82 Å². The van der Waals surface area contributed by atoms with Gasteiger partial charge in [-0.2, -0.15) is 4.80 Å². The van der Waals surface area contributed by atoms with E-state index in [2.05, 4.69) is 31.4 Å². The number of quaternary nitrogens is 1. The number of carbonyl (C=O) groups excluding carboxylic acids is 2. The Kier molecular flexibility index (Phi) is 8.08. The van der Waals surface area contributed by atoms with Gasteiger partial charge in [0.2, 0.25) is 11.7 Å². The first-order chi connectivity index (χ1) is 15.9. The van der Waals surface area contributed by atoms with Crippen molar-refractivity contribution in [3.05, 3.63) is 42.3 Å². The second-order valence-electron chi connectivity index (χ2n) is 7.58. The third-order valence-corrected chi connectivity index (χ3v) is 5.13. The third kappa shape index (κ3) is 5.64. The van der Waals surface area contributed by atoms with Crippen LogP contribution >= 0.6 is 0 Å². The largest absolute Gasteiger partial charge is 1.00 e. The van der Waals surface area contributed by atoms with Crippen molar-refractivity contribution in [3.63, 3.8) is 0 Å². The molecule has 1 aromatic carbocycles. The van der Waals surface area contributed by atoms with Crippen LogP contribution in [0.1, 0.15) is 12.8 Å². The molecule has 1 saturated heterocycles. The average molecular weight is 491 g/mol. The summed E-state index contributed by atoms with van der Waals surface area (Å²) >= 11 is 0. The van der Waals surface area contributed by atoms with E-state index in [9.17, 15) is 14.0 Å². The Morgan fingerprint density at radius 1 is 1.32 bits per heavy atom. The SMILES string of the molecule is Cn1nnc(-c2ccc(-c3ccc(N4C[C@H](CNC(=O)CCC[NH3+])OC4=O)cc3F)cn2)n1.[Cl-]. The molecular weight excluding hydrogens is 467 g/mol. The molecule has 0 saturated carbocycles. The molecule has 3 aromatic rings. The van der Waals surface area contributed by atoms with E-state index in [1.54, 1.807) is 31.3 Å². The van der Waals surface area contributed by atoms with Gasteiger partial charge in [0, 0.05) is 30.2 Å². The number of hydrogen-bond acceptors (Lipinski definition) is 7. The number of anilines is 1. The van der Waals surface area contributed by atoms with Crippen molar-refractivity contribution < 1.29 is 36.9 Å². The van der Waals surface area contributed by atoms with Crippen LogP contribution in [0.5, 0.6) is 0 Å². The van der Waals surface area contributed by atoms with Gasteiger partial charge in [-0.15, -0.1) is 10.2 Å². The molecule has 13 heteroatoms. The molecule has 0 unspecified atom stereocenters. The standard InChI is InChI=1S/C21H23FN8O3.ClH/c1-29-27-20(26-28-29)18-7-4-13(10-24-18)16-6-5-14(9-17(16)22)30-12-15(33-21(30)32)11-25-19(31)3-2-8-23;/h4-7,9-10,15H,2-3,8,11-12,23H2,1H3,(H,25,31);1H/t15-;/m0./s1. The lowest BCUT2D eigenvalue weighted by Crippen LogP contribution is -3.00. The number of amides is 2. The molecule has 2 amide bonds. The van der Waals surface area contributed by atoms with Crippen molar-refractivity contribution in [2.24, 2.45) is 7.05 Å². The van der Waals surface area contributed by atoms with Gasteiger partial charge in [-0.25, -0.2) is 9.18 Å². The van der Waals surface area contributed by atoms with Gasteiger partial charge in [0.1, 0.15) is 17.6 Å². The number of nitrogens with one attached hydrogen (secondary N) is 1. The zero-order chi connectivity index (χ0) is 23.4. The topological polar surface area (TPSA) is 143 Å². The summed E-state index contributed by atoms with van der Waals surface area (Å²) in [7, 11) is 1.65. The number of cyclic esters (lactones) is 1. The van der Waals surface area contributed by atoms with Crippen molar-refractivity contribution in [2.75, 3.05) is 24.5 Å². The summed E-state index contributed by atoms with van der Waals surface area (Å²) in [5.41, 5.74) is 5.50. The van der Waals surface area contributed by atoms with Gasteiger partial charge in [0.25, 0.3) is 0 Å². The molecule has 0 spiro atoms. The molecule has 0 bridgehead atoms. The van der Waals surface area contributed by atoms with Crippen molar-refractivity contribution in [1.29, 1.82) is 0 Å². The van der Waals surface area contributed by atoms with E-state index in [4.69, 9.17) is 4.74 Å². The van der Waals surface area contributed by atoms with Gasteiger partial charge in [-0.3, -0.25) is 14.7 Å². The molecular formula is C21H24ClFN8O3. The van der Waals surface area contributed by atoms with E-state index in [-0.39, 0.29) is 31.4 Å². The zero-order valence-electron chi connectivity index (χ0n) is 18.4. The predicted octanol–water partition coefficient (Wildman–Crippen LogP) is -2.45. The van der Waals surface area contributed by atoms with E-state index in [0.29, 0.717) is 47.7 Å². The smallest absolute Gasteiger partial charge is 0.414 e. The summed E-state index contributed by atoms with van der Waals surface area (Å²) in [6.07, 6.45) is 1.52. The lowest BCUT2D eigenvalue weighted by Gasteiger charge is -2.14. The first-order valence-electron chi connectivity index (χ1n) is 10.5. The number of benzene rings is 1. The molecule has 1 fully saturated rings. The highest BCUT2D eigenvalue weighted by Gasteiger charge is 2.33. The fourth-order valence-electron chi connectivity index (χ4n) is 3.42. The number of aryl methyl sites for hydroxylation is 1. The number of halogens is 2. The Hall–Kier alpha value is -3.64. The van der Waals surface area contributed by atoms with Crippen molar-refractivity contribution in [3.8, 4) is 22.6 Å². The summed E-state index contributed by atoms with van der Waals surface area (Å²) < 4.78 is 20.2. The molecule has 180 valence electrons. The molecule has 11 nitrogen and oxygen atoms in total. The third-order valence-electron chi connectivity index (χ3n) is 5.13. The van der Waals surface area contributed by atoms with E-state index >= 15 is 0 Å². The number of carbonyl (C=O) groups is 2. The highest BCUT2D eigenvalue weighted by molar-refractivity contribution is 5.90. The van der Waals surface area contributed by atoms with Crippen molar-refractivity contribution >= 4 is 17.7 Å². The van der Waals surface area contributed by atoms with Gasteiger partial charge >= 0.3 is 6.09 Å².